The molecule has 2 aromatic rings. The summed E-state index contributed by atoms with van der Waals surface area (Å²) in [5.41, 5.74) is 1.92. The maximum atomic E-state index is 11.9. The van der Waals surface area contributed by atoms with E-state index in [2.05, 4.69) is 32.6 Å². The number of carbonyl (C=O) groups is 1. The van der Waals surface area contributed by atoms with Crippen molar-refractivity contribution >= 4 is 59.7 Å². The number of anilines is 1. The molecule has 0 saturated carbocycles. The highest BCUT2D eigenvalue weighted by atomic mass is 35.5. The van der Waals surface area contributed by atoms with Gasteiger partial charge in [0.15, 0.2) is 0 Å². The van der Waals surface area contributed by atoms with Gasteiger partial charge < -0.3 is 21.0 Å². The van der Waals surface area contributed by atoms with Crippen LogP contribution in [0, 0.1) is 0 Å². The average Bonchev–Trinajstić information content (AvgIpc) is 2.70. The number of para-hydroxylation sites is 1. The molecule has 3 rings (SSSR count). The number of amides is 2. The number of piperazine rings is 1. The summed E-state index contributed by atoms with van der Waals surface area (Å²) >= 11 is 12.0. The maximum absolute atomic E-state index is 11.9. The third kappa shape index (κ3) is 10.3. The molecular formula is C21H30Cl4N4O2. The molecule has 2 amide bonds. The molecule has 10 heteroatoms. The Morgan fingerprint density at radius 3 is 2.16 bits per heavy atom. The van der Waals surface area contributed by atoms with Crippen LogP contribution >= 0.6 is 48.0 Å². The Hall–Kier alpha value is -1.25. The van der Waals surface area contributed by atoms with Gasteiger partial charge in [0.05, 0.1) is 10.7 Å². The van der Waals surface area contributed by atoms with Gasteiger partial charge in [-0.15, -0.1) is 24.8 Å². The van der Waals surface area contributed by atoms with Crippen LogP contribution in [0.3, 0.4) is 0 Å². The van der Waals surface area contributed by atoms with Crippen LogP contribution in [0.1, 0.15) is 12.0 Å². The molecule has 0 aromatic heterocycles. The van der Waals surface area contributed by atoms with E-state index in [1.165, 1.54) is 5.56 Å². The lowest BCUT2D eigenvalue weighted by atomic mass is 10.2. The molecule has 6 nitrogen and oxygen atoms in total. The Labute approximate surface area is 206 Å². The smallest absolute Gasteiger partial charge is 0.319 e. The Kier molecular flexibility index (Phi) is 14.9. The van der Waals surface area contributed by atoms with Crippen molar-refractivity contribution in [2.75, 3.05) is 44.6 Å². The number of carbonyl (C=O) groups excluding carboxylic acids is 1. The lowest BCUT2D eigenvalue weighted by molar-refractivity contribution is 0.126. The second-order valence-corrected chi connectivity index (χ2v) is 7.80. The van der Waals surface area contributed by atoms with E-state index in [4.69, 9.17) is 23.2 Å². The number of nitrogens with one attached hydrogen (secondary N) is 2. The average molecular weight is 512 g/mol. The molecule has 174 valence electrons. The summed E-state index contributed by atoms with van der Waals surface area (Å²) in [4.78, 5) is 16.9. The Morgan fingerprint density at radius 2 is 1.52 bits per heavy atom. The lowest BCUT2D eigenvalue weighted by Gasteiger charge is -2.34. The van der Waals surface area contributed by atoms with Crippen molar-refractivity contribution in [3.8, 4) is 0 Å². The summed E-state index contributed by atoms with van der Waals surface area (Å²) in [7, 11) is 0. The number of rotatable bonds is 7. The molecule has 2 aromatic carbocycles. The molecule has 1 saturated heterocycles. The topological polar surface area (TPSA) is 79.1 Å². The largest absolute Gasteiger partial charge is 0.412 e. The molecule has 0 radical (unpaired) electrons. The molecule has 1 heterocycles. The number of nitrogens with zero attached hydrogens (tertiary/aromatic N) is 2. The molecule has 4 N–H and O–H groups in total. The molecule has 0 unspecified atom stereocenters. The van der Waals surface area contributed by atoms with Gasteiger partial charge in [0.1, 0.15) is 0 Å². The summed E-state index contributed by atoms with van der Waals surface area (Å²) in [6.07, 6.45) is 0.924. The van der Waals surface area contributed by atoms with Crippen LogP contribution in [0.4, 0.5) is 10.5 Å². The highest BCUT2D eigenvalue weighted by molar-refractivity contribution is 6.33. The predicted octanol–water partition coefficient (Wildman–Crippen LogP) is 4.34. The number of hydrogen-bond donors (Lipinski definition) is 2. The van der Waals surface area contributed by atoms with E-state index >= 15 is 0 Å². The van der Waals surface area contributed by atoms with E-state index in [1.807, 2.05) is 24.3 Å². The number of urea groups is 1. The third-order valence-electron chi connectivity index (χ3n) is 4.84. The van der Waals surface area contributed by atoms with Crippen LogP contribution in [-0.2, 0) is 6.54 Å². The van der Waals surface area contributed by atoms with Crippen LogP contribution in [0.2, 0.25) is 10.0 Å². The van der Waals surface area contributed by atoms with Crippen molar-refractivity contribution in [1.29, 1.82) is 0 Å². The van der Waals surface area contributed by atoms with Crippen LogP contribution in [-0.4, -0.2) is 60.6 Å². The Balaban J connectivity index is 0.00000300. The summed E-state index contributed by atoms with van der Waals surface area (Å²) in [6.45, 7) is 6.82. The maximum Gasteiger partial charge on any atom is 0.319 e. The first-order valence-electron chi connectivity index (χ1n) is 9.59. The van der Waals surface area contributed by atoms with E-state index in [9.17, 15) is 4.79 Å². The minimum absolute atomic E-state index is 0. The molecule has 0 bridgehead atoms. The summed E-state index contributed by atoms with van der Waals surface area (Å²) < 4.78 is 0. The van der Waals surface area contributed by atoms with Crippen molar-refractivity contribution < 1.29 is 10.3 Å². The van der Waals surface area contributed by atoms with Gasteiger partial charge in [-0.05, 0) is 42.8 Å². The summed E-state index contributed by atoms with van der Waals surface area (Å²) in [6, 6.07) is 15.1. The highest BCUT2D eigenvalue weighted by Gasteiger charge is 2.16. The molecule has 0 spiro atoms. The van der Waals surface area contributed by atoms with Crippen molar-refractivity contribution in [2.24, 2.45) is 0 Å². The van der Waals surface area contributed by atoms with Crippen molar-refractivity contribution in [3.63, 3.8) is 0 Å². The van der Waals surface area contributed by atoms with Crippen LogP contribution in [0.25, 0.3) is 0 Å². The van der Waals surface area contributed by atoms with Crippen LogP contribution in [0.5, 0.6) is 0 Å². The molecule has 1 aliphatic rings. The molecule has 1 aliphatic heterocycles. The monoisotopic (exact) mass is 510 g/mol. The van der Waals surface area contributed by atoms with Crippen LogP contribution in [0.15, 0.2) is 48.5 Å². The van der Waals surface area contributed by atoms with Gasteiger partial charge in [0, 0.05) is 44.3 Å². The van der Waals surface area contributed by atoms with Crippen molar-refractivity contribution in [1.82, 2.24) is 15.1 Å². The molecule has 0 aliphatic carbocycles. The van der Waals surface area contributed by atoms with Gasteiger partial charge in [0.2, 0.25) is 0 Å². The first-order valence-corrected chi connectivity index (χ1v) is 10.3. The minimum atomic E-state index is -0.221. The fraction of sp³-hybridized carbons (Fsp3) is 0.381. The standard InChI is InChI=1S/C21H26Cl2N4O.2ClH.H2O/c22-18-8-6-17(7-9-18)16-27-14-12-26(13-15-27)11-3-10-24-21(28)25-20-5-2-1-4-19(20)23;;;/h1-2,4-9H,3,10-16H2,(H2,24,25,28);2*1H;1H2. The van der Waals surface area contributed by atoms with Gasteiger partial charge in [-0.25, -0.2) is 4.79 Å². The lowest BCUT2D eigenvalue weighted by Crippen LogP contribution is -2.46. The van der Waals surface area contributed by atoms with Crippen LogP contribution < -0.4 is 10.6 Å². The number of hydrogen-bond acceptors (Lipinski definition) is 3. The quantitative estimate of drug-likeness (QED) is 0.542. The summed E-state index contributed by atoms with van der Waals surface area (Å²) in [5.74, 6) is 0. The van der Waals surface area contributed by atoms with Crippen molar-refractivity contribution in [2.45, 2.75) is 13.0 Å². The minimum Gasteiger partial charge on any atom is -0.412 e. The number of halogens is 4. The third-order valence-corrected chi connectivity index (χ3v) is 5.42. The van der Waals surface area contributed by atoms with Gasteiger partial charge >= 0.3 is 6.03 Å². The second-order valence-electron chi connectivity index (χ2n) is 6.96. The molecular weight excluding hydrogens is 482 g/mol. The van der Waals surface area contributed by atoms with E-state index in [0.717, 1.165) is 50.7 Å². The highest BCUT2D eigenvalue weighted by Crippen LogP contribution is 2.20. The van der Waals surface area contributed by atoms with Gasteiger partial charge in [-0.2, -0.15) is 0 Å². The van der Waals surface area contributed by atoms with E-state index in [0.29, 0.717) is 17.3 Å². The first-order chi connectivity index (χ1) is 13.6. The number of benzene rings is 2. The molecule has 0 atom stereocenters. The Bertz CT molecular complexity index is 772. The predicted molar refractivity (Wildman–Crippen MR) is 134 cm³/mol. The van der Waals surface area contributed by atoms with Gasteiger partial charge in [0.25, 0.3) is 0 Å². The van der Waals surface area contributed by atoms with Gasteiger partial charge in [-0.1, -0.05) is 47.5 Å². The molecule has 31 heavy (non-hydrogen) atoms. The fourth-order valence-electron chi connectivity index (χ4n) is 3.25. The normalized spacial score (nSPS) is 13.9. The van der Waals surface area contributed by atoms with Gasteiger partial charge in [-0.3, -0.25) is 4.90 Å². The molecule has 1 fully saturated rings. The fourth-order valence-corrected chi connectivity index (χ4v) is 3.56. The Morgan fingerprint density at radius 1 is 0.903 bits per heavy atom. The van der Waals surface area contributed by atoms with E-state index in [1.54, 1.807) is 12.1 Å². The zero-order valence-corrected chi connectivity index (χ0v) is 20.3. The zero-order chi connectivity index (χ0) is 19.8. The first kappa shape index (κ1) is 29.8. The van der Waals surface area contributed by atoms with E-state index < -0.39 is 0 Å². The zero-order valence-electron chi connectivity index (χ0n) is 17.2. The van der Waals surface area contributed by atoms with E-state index in [-0.39, 0.29) is 36.3 Å². The second kappa shape index (κ2) is 15.5. The SMILES string of the molecule is Cl.Cl.O.O=C(NCCCN1CCN(Cc2ccc(Cl)cc2)CC1)Nc1ccccc1Cl. The van der Waals surface area contributed by atoms with Crippen molar-refractivity contribution in [3.05, 3.63) is 64.1 Å². The summed E-state index contributed by atoms with van der Waals surface area (Å²) in [5, 5.41) is 6.97.